The predicted octanol–water partition coefficient (Wildman–Crippen LogP) is 4.15. The lowest BCUT2D eigenvalue weighted by molar-refractivity contribution is -0.167. The number of alkyl halides is 3. The molecule has 0 unspecified atom stereocenters. The van der Waals surface area contributed by atoms with Crippen LogP contribution in [0.1, 0.15) is 5.56 Å². The molecule has 0 spiro atoms. The molecule has 0 saturated carbocycles. The van der Waals surface area contributed by atoms with E-state index in [1.54, 1.807) is 12.1 Å². The predicted molar refractivity (Wildman–Crippen MR) is 78.0 cm³/mol. The van der Waals surface area contributed by atoms with Crippen LogP contribution < -0.4 is 4.74 Å². The number of ketones is 1. The average molecular weight is 320 g/mol. The molecule has 0 aromatic heterocycles. The van der Waals surface area contributed by atoms with E-state index in [9.17, 15) is 23.1 Å². The molecule has 0 radical (unpaired) electrons. The van der Waals surface area contributed by atoms with Crippen LogP contribution in [0.5, 0.6) is 5.75 Å². The quantitative estimate of drug-likeness (QED) is 0.904. The molecule has 1 N–H and O–H groups in total. The monoisotopic (exact) mass is 320 g/mol. The molecule has 1 aliphatic heterocycles. The lowest BCUT2D eigenvalue weighted by atomic mass is 9.98. The molecular formula is C17H11F3O3. The van der Waals surface area contributed by atoms with E-state index < -0.39 is 29.9 Å². The third-order valence-corrected chi connectivity index (χ3v) is 3.53. The van der Waals surface area contributed by atoms with Crippen LogP contribution in [-0.2, 0) is 4.79 Å². The topological polar surface area (TPSA) is 46.5 Å². The second-order valence-electron chi connectivity index (χ2n) is 5.02. The molecule has 118 valence electrons. The first-order valence-electron chi connectivity index (χ1n) is 6.74. The Bertz CT molecular complexity index is 792. The van der Waals surface area contributed by atoms with Gasteiger partial charge >= 0.3 is 6.18 Å². The number of hydrogen-bond acceptors (Lipinski definition) is 3. The Hall–Kier alpha value is -2.76. The number of fused-ring (bicyclic) bond motifs is 1. The zero-order chi connectivity index (χ0) is 16.6. The van der Waals surface area contributed by atoms with Crippen molar-refractivity contribution in [3.8, 4) is 16.9 Å². The van der Waals surface area contributed by atoms with Crippen molar-refractivity contribution in [3.63, 3.8) is 0 Å². The molecule has 0 atom stereocenters. The van der Waals surface area contributed by atoms with Gasteiger partial charge in [-0.05, 0) is 23.3 Å². The maximum absolute atomic E-state index is 12.5. The molecule has 0 bridgehead atoms. The van der Waals surface area contributed by atoms with Crippen LogP contribution in [0.15, 0.2) is 54.1 Å². The van der Waals surface area contributed by atoms with Gasteiger partial charge in [-0.25, -0.2) is 0 Å². The van der Waals surface area contributed by atoms with Crippen molar-refractivity contribution in [2.24, 2.45) is 0 Å². The van der Waals surface area contributed by atoms with Gasteiger partial charge in [-0.1, -0.05) is 36.4 Å². The van der Waals surface area contributed by atoms with E-state index in [1.807, 2.05) is 30.3 Å². The molecule has 1 heterocycles. The molecular weight excluding hydrogens is 309 g/mol. The normalized spacial score (nSPS) is 14.2. The molecule has 2 aromatic carbocycles. The van der Waals surface area contributed by atoms with Gasteiger partial charge < -0.3 is 9.84 Å². The number of Topliss-reactive ketones (excluding diaryl/α,β-unsaturated/α-hetero) is 1. The highest BCUT2D eigenvalue weighted by molar-refractivity contribution is 6.06. The third-order valence-electron chi connectivity index (χ3n) is 3.53. The molecule has 0 aliphatic carbocycles. The van der Waals surface area contributed by atoms with Gasteiger partial charge in [0.25, 0.3) is 5.78 Å². The van der Waals surface area contributed by atoms with Crippen LogP contribution in [0.2, 0.25) is 0 Å². The molecule has 0 fully saturated rings. The van der Waals surface area contributed by atoms with Gasteiger partial charge in [0.05, 0.1) is 11.1 Å². The maximum atomic E-state index is 12.5. The number of carbonyl (C=O) groups excluding carboxylic acids is 1. The van der Waals surface area contributed by atoms with Crippen LogP contribution in [0, 0.1) is 0 Å². The van der Waals surface area contributed by atoms with Crippen molar-refractivity contribution in [1.82, 2.24) is 0 Å². The number of carbonyl (C=O) groups is 1. The van der Waals surface area contributed by atoms with Crippen molar-refractivity contribution in [3.05, 3.63) is 59.7 Å². The van der Waals surface area contributed by atoms with Crippen molar-refractivity contribution in [1.29, 1.82) is 0 Å². The number of ether oxygens (including phenoxy) is 1. The highest BCUT2D eigenvalue weighted by Gasteiger charge is 2.43. The fourth-order valence-electron chi connectivity index (χ4n) is 2.37. The van der Waals surface area contributed by atoms with E-state index >= 15 is 0 Å². The second kappa shape index (κ2) is 5.46. The molecule has 2 aromatic rings. The second-order valence-corrected chi connectivity index (χ2v) is 5.02. The van der Waals surface area contributed by atoms with Crippen LogP contribution in [0.4, 0.5) is 13.2 Å². The molecule has 3 rings (SSSR count). The Kier molecular flexibility index (Phi) is 3.60. The summed E-state index contributed by atoms with van der Waals surface area (Å²) < 4.78 is 42.8. The minimum absolute atomic E-state index is 0.0727. The fourth-order valence-corrected chi connectivity index (χ4v) is 2.37. The zero-order valence-electron chi connectivity index (χ0n) is 11.7. The summed E-state index contributed by atoms with van der Waals surface area (Å²) in [6.07, 6.45) is -5.05. The SMILES string of the molecule is O=C(C1=C(O)c2ccc(-c3ccccc3)cc2OC1)C(F)(F)F. The maximum Gasteiger partial charge on any atom is 0.454 e. The van der Waals surface area contributed by atoms with Gasteiger partial charge in [-0.2, -0.15) is 13.2 Å². The van der Waals surface area contributed by atoms with Crippen molar-refractivity contribution < 1.29 is 27.8 Å². The van der Waals surface area contributed by atoms with E-state index in [2.05, 4.69) is 0 Å². The minimum Gasteiger partial charge on any atom is -0.507 e. The van der Waals surface area contributed by atoms with Crippen molar-refractivity contribution >= 4 is 11.5 Å². The molecule has 6 heteroatoms. The summed E-state index contributed by atoms with van der Waals surface area (Å²) in [4.78, 5) is 11.3. The lowest BCUT2D eigenvalue weighted by Gasteiger charge is -2.21. The Balaban J connectivity index is 2.02. The summed E-state index contributed by atoms with van der Waals surface area (Å²) in [6, 6.07) is 14.0. The molecule has 23 heavy (non-hydrogen) atoms. The number of hydrogen-bond donors (Lipinski definition) is 1. The summed E-state index contributed by atoms with van der Waals surface area (Å²) >= 11 is 0. The summed E-state index contributed by atoms with van der Waals surface area (Å²) in [6.45, 7) is -0.616. The Morgan fingerprint density at radius 2 is 1.74 bits per heavy atom. The van der Waals surface area contributed by atoms with E-state index in [0.29, 0.717) is 0 Å². The summed E-state index contributed by atoms with van der Waals surface area (Å²) in [7, 11) is 0. The number of aliphatic hydroxyl groups is 1. The van der Waals surface area contributed by atoms with Crippen molar-refractivity contribution in [2.75, 3.05) is 6.61 Å². The van der Waals surface area contributed by atoms with Crippen molar-refractivity contribution in [2.45, 2.75) is 6.18 Å². The van der Waals surface area contributed by atoms with Crippen LogP contribution in [-0.4, -0.2) is 23.7 Å². The molecule has 0 amide bonds. The Morgan fingerprint density at radius 3 is 2.39 bits per heavy atom. The van der Waals surface area contributed by atoms with Gasteiger partial charge in [0.15, 0.2) is 0 Å². The third kappa shape index (κ3) is 2.79. The summed E-state index contributed by atoms with van der Waals surface area (Å²) in [5, 5.41) is 10.00. The number of rotatable bonds is 2. The first-order valence-corrected chi connectivity index (χ1v) is 6.74. The smallest absolute Gasteiger partial charge is 0.454 e. The zero-order valence-corrected chi connectivity index (χ0v) is 11.7. The van der Waals surface area contributed by atoms with Crippen LogP contribution in [0.3, 0.4) is 0 Å². The Morgan fingerprint density at radius 1 is 1.04 bits per heavy atom. The number of aliphatic hydroxyl groups excluding tert-OH is 1. The lowest BCUT2D eigenvalue weighted by Crippen LogP contribution is -2.29. The summed E-state index contributed by atoms with van der Waals surface area (Å²) in [5.41, 5.74) is 0.989. The number of benzene rings is 2. The molecule has 3 nitrogen and oxygen atoms in total. The first-order chi connectivity index (χ1) is 10.9. The van der Waals surface area contributed by atoms with E-state index in [0.717, 1.165) is 11.1 Å². The van der Waals surface area contributed by atoms with E-state index in [-0.39, 0.29) is 11.3 Å². The van der Waals surface area contributed by atoms with Crippen LogP contribution in [0.25, 0.3) is 16.9 Å². The fraction of sp³-hybridized carbons (Fsp3) is 0.118. The van der Waals surface area contributed by atoms with Gasteiger partial charge in [0, 0.05) is 0 Å². The largest absolute Gasteiger partial charge is 0.507 e. The van der Waals surface area contributed by atoms with E-state index in [1.165, 1.54) is 6.07 Å². The molecule has 0 saturated heterocycles. The summed E-state index contributed by atoms with van der Waals surface area (Å²) in [5.74, 6) is -2.54. The van der Waals surface area contributed by atoms with E-state index in [4.69, 9.17) is 4.74 Å². The Labute approximate surface area is 129 Å². The average Bonchev–Trinajstić information content (AvgIpc) is 2.54. The highest BCUT2D eigenvalue weighted by atomic mass is 19.4. The minimum atomic E-state index is -5.05. The first kappa shape index (κ1) is 15.1. The highest BCUT2D eigenvalue weighted by Crippen LogP contribution is 2.37. The van der Waals surface area contributed by atoms with Gasteiger partial charge in [0.2, 0.25) is 0 Å². The van der Waals surface area contributed by atoms with Gasteiger partial charge in [-0.3, -0.25) is 4.79 Å². The van der Waals surface area contributed by atoms with Crippen LogP contribution >= 0.6 is 0 Å². The standard InChI is InChI=1S/C17H11F3O3/c18-17(19,20)16(22)13-9-23-14-8-11(6-7-12(14)15(13)21)10-4-2-1-3-5-10/h1-8,21H,9H2. The van der Waals surface area contributed by atoms with Gasteiger partial charge in [-0.15, -0.1) is 0 Å². The van der Waals surface area contributed by atoms with Gasteiger partial charge in [0.1, 0.15) is 18.1 Å². The molecule has 1 aliphatic rings. The number of halogens is 3.